The molecule has 0 amide bonds. The number of hydrogen-bond acceptors (Lipinski definition) is 8. The smallest absolute Gasteiger partial charge is 0.306 e. The molecule has 0 radical (unpaired) electrons. The lowest BCUT2D eigenvalue weighted by Gasteiger charge is -2.33. The highest BCUT2D eigenvalue weighted by Gasteiger charge is 2.37. The van der Waals surface area contributed by atoms with Crippen molar-refractivity contribution in [2.45, 2.75) is 51.7 Å². The number of aryl methyl sites for hydroxylation is 2. The summed E-state index contributed by atoms with van der Waals surface area (Å²) in [4.78, 5) is 46.7. The first-order valence-corrected chi connectivity index (χ1v) is 18.1. The van der Waals surface area contributed by atoms with Crippen LogP contribution in [0.15, 0.2) is 103 Å². The van der Waals surface area contributed by atoms with E-state index >= 15 is 0 Å². The van der Waals surface area contributed by atoms with E-state index in [9.17, 15) is 19.2 Å². The predicted octanol–water partition coefficient (Wildman–Crippen LogP) is 9.33. The van der Waals surface area contributed by atoms with E-state index in [0.29, 0.717) is 91.8 Å². The molecular formula is C42H34Cl2O10. The second-order valence-electron chi connectivity index (χ2n) is 13.6. The summed E-state index contributed by atoms with van der Waals surface area (Å²) < 4.78 is 23.7. The summed E-state index contributed by atoms with van der Waals surface area (Å²) in [6, 6.07) is 24.1. The van der Waals surface area contributed by atoms with E-state index in [-0.39, 0.29) is 34.9 Å². The Morgan fingerprint density at radius 3 is 1.37 bits per heavy atom. The van der Waals surface area contributed by atoms with Crippen LogP contribution in [0.2, 0.25) is 10.0 Å². The monoisotopic (exact) mass is 768 g/mol. The van der Waals surface area contributed by atoms with Gasteiger partial charge in [-0.3, -0.25) is 19.2 Å². The Morgan fingerprint density at radius 1 is 0.611 bits per heavy atom. The molecular weight excluding hydrogens is 735 g/mol. The molecule has 2 aliphatic rings. The fourth-order valence-corrected chi connectivity index (χ4v) is 6.84. The second kappa shape index (κ2) is 15.0. The Bertz CT molecular complexity index is 2370. The van der Waals surface area contributed by atoms with Crippen molar-refractivity contribution in [3.05, 3.63) is 127 Å². The molecule has 0 aliphatic heterocycles. The van der Waals surface area contributed by atoms with Crippen LogP contribution in [0.5, 0.6) is 11.5 Å². The third-order valence-corrected chi connectivity index (χ3v) is 10.4. The van der Waals surface area contributed by atoms with Crippen molar-refractivity contribution in [3.8, 4) is 34.1 Å². The van der Waals surface area contributed by atoms with Crippen LogP contribution >= 0.6 is 23.2 Å². The maximum atomic E-state index is 12.4. The van der Waals surface area contributed by atoms with Crippen LogP contribution in [-0.4, -0.2) is 34.4 Å². The topological polar surface area (TPSA) is 153 Å². The number of rotatable bonds is 8. The van der Waals surface area contributed by atoms with E-state index in [1.54, 1.807) is 36.4 Å². The molecule has 12 heteroatoms. The van der Waals surface area contributed by atoms with Gasteiger partial charge in [0.1, 0.15) is 35.2 Å². The molecule has 0 bridgehead atoms. The number of hydrogen-bond donors (Lipinski definition) is 2. The summed E-state index contributed by atoms with van der Waals surface area (Å²) in [6.07, 6.45) is 1.77. The van der Waals surface area contributed by atoms with Crippen LogP contribution in [0.4, 0.5) is 0 Å². The highest BCUT2D eigenvalue weighted by atomic mass is 35.5. The highest BCUT2D eigenvalue weighted by molar-refractivity contribution is 6.35. The van der Waals surface area contributed by atoms with E-state index in [0.717, 1.165) is 11.1 Å². The van der Waals surface area contributed by atoms with Crippen molar-refractivity contribution < 1.29 is 38.1 Å². The van der Waals surface area contributed by atoms with Gasteiger partial charge in [0.25, 0.3) is 0 Å². The first-order valence-electron chi connectivity index (χ1n) is 17.3. The molecule has 276 valence electrons. The molecule has 4 aromatic carbocycles. The molecule has 2 aliphatic carbocycles. The zero-order valence-electron chi connectivity index (χ0n) is 29.1. The van der Waals surface area contributed by atoms with E-state index in [4.69, 9.17) is 51.7 Å². The zero-order chi connectivity index (χ0) is 38.3. The van der Waals surface area contributed by atoms with Crippen LogP contribution in [0.3, 0.4) is 0 Å². The Kier molecular flexibility index (Phi) is 10.2. The molecule has 2 saturated carbocycles. The standard InChI is InChI=1S/2C21H17ClO5/c2*1-11-5-6-12(9-18(11)26-14-7-13(8-14)21(24)25)19-10-17(23)15-3-2-4-16(22)20(15)27-19/h2*2-6,9-10,13-14H,7-8H2,1H3,(H,24,25). The molecule has 2 heterocycles. The normalized spacial score (nSPS) is 18.9. The third-order valence-electron chi connectivity index (χ3n) is 9.83. The van der Waals surface area contributed by atoms with Crippen molar-refractivity contribution in [3.63, 3.8) is 0 Å². The molecule has 6 aromatic rings. The number of ether oxygens (including phenoxy) is 2. The first-order chi connectivity index (χ1) is 25.8. The van der Waals surface area contributed by atoms with Gasteiger partial charge in [0.05, 0.1) is 32.7 Å². The molecule has 2 aromatic heterocycles. The fourth-order valence-electron chi connectivity index (χ4n) is 6.42. The van der Waals surface area contributed by atoms with Crippen molar-refractivity contribution >= 4 is 57.1 Å². The van der Waals surface area contributed by atoms with Gasteiger partial charge in [0.2, 0.25) is 0 Å². The number of fused-ring (bicyclic) bond motifs is 2. The minimum Gasteiger partial charge on any atom is -0.490 e. The predicted molar refractivity (Wildman–Crippen MR) is 205 cm³/mol. The number of benzene rings is 4. The lowest BCUT2D eigenvalue weighted by Crippen LogP contribution is -2.38. The summed E-state index contributed by atoms with van der Waals surface area (Å²) in [6.45, 7) is 3.83. The number of para-hydroxylation sites is 2. The molecule has 2 fully saturated rings. The fraction of sp³-hybridized carbons (Fsp3) is 0.238. The number of carboxylic acid groups (broad SMARTS) is 2. The van der Waals surface area contributed by atoms with Crippen LogP contribution in [0, 0.1) is 25.7 Å². The molecule has 8 rings (SSSR count). The number of carboxylic acids is 2. The number of aliphatic carboxylic acids is 2. The van der Waals surface area contributed by atoms with E-state index in [1.807, 2.05) is 50.2 Å². The minimum absolute atomic E-state index is 0.113. The van der Waals surface area contributed by atoms with Gasteiger partial charge < -0.3 is 28.5 Å². The Labute approximate surface area is 318 Å². The van der Waals surface area contributed by atoms with Gasteiger partial charge in [-0.05, 0) is 87.1 Å². The third kappa shape index (κ3) is 7.58. The lowest BCUT2D eigenvalue weighted by molar-refractivity contribution is -0.148. The van der Waals surface area contributed by atoms with E-state index in [2.05, 4.69) is 0 Å². The molecule has 0 saturated heterocycles. The maximum Gasteiger partial charge on any atom is 0.306 e. The van der Waals surface area contributed by atoms with Crippen LogP contribution in [0.1, 0.15) is 36.8 Å². The second-order valence-corrected chi connectivity index (χ2v) is 14.5. The Morgan fingerprint density at radius 2 is 1.00 bits per heavy atom. The summed E-state index contributed by atoms with van der Waals surface area (Å²) in [5.74, 6) is -0.111. The first kappa shape index (κ1) is 36.8. The molecule has 54 heavy (non-hydrogen) atoms. The Hall–Kier alpha value is -5.58. The van der Waals surface area contributed by atoms with Crippen molar-refractivity contribution in [1.82, 2.24) is 0 Å². The summed E-state index contributed by atoms with van der Waals surface area (Å²) >= 11 is 12.3. The number of carbonyl (C=O) groups is 2. The van der Waals surface area contributed by atoms with Crippen LogP contribution in [-0.2, 0) is 9.59 Å². The van der Waals surface area contributed by atoms with Gasteiger partial charge in [-0.15, -0.1) is 0 Å². The molecule has 0 unspecified atom stereocenters. The van der Waals surface area contributed by atoms with Gasteiger partial charge in [-0.25, -0.2) is 0 Å². The average Bonchev–Trinajstić information content (AvgIpc) is 3.09. The minimum atomic E-state index is -0.782. The van der Waals surface area contributed by atoms with Crippen molar-refractivity contribution in [2.75, 3.05) is 0 Å². The SMILES string of the molecule is Cc1ccc(-c2cc(=O)c3cccc(Cl)c3o2)cc1OC1CC(C(=O)O)C1.Cc1ccc(-c2cc(=O)c3cccc(Cl)c3o2)cc1OC1CC(C(=O)O)C1. The lowest BCUT2D eigenvalue weighted by atomic mass is 9.82. The summed E-state index contributed by atoms with van der Waals surface area (Å²) in [5.41, 5.74) is 3.63. The quantitative estimate of drug-likeness (QED) is 0.153. The van der Waals surface area contributed by atoms with Crippen LogP contribution in [0.25, 0.3) is 44.6 Å². The largest absolute Gasteiger partial charge is 0.490 e. The zero-order valence-corrected chi connectivity index (χ0v) is 30.6. The van der Waals surface area contributed by atoms with Crippen molar-refractivity contribution in [1.29, 1.82) is 0 Å². The molecule has 0 spiro atoms. The van der Waals surface area contributed by atoms with E-state index < -0.39 is 11.9 Å². The maximum absolute atomic E-state index is 12.4. The number of halogens is 2. The van der Waals surface area contributed by atoms with Crippen molar-refractivity contribution in [2.24, 2.45) is 11.8 Å². The van der Waals surface area contributed by atoms with Gasteiger partial charge in [-0.1, -0.05) is 59.6 Å². The summed E-state index contributed by atoms with van der Waals surface area (Å²) in [5, 5.41) is 19.6. The van der Waals surface area contributed by atoms with Crippen LogP contribution < -0.4 is 20.3 Å². The summed E-state index contributed by atoms with van der Waals surface area (Å²) in [7, 11) is 0. The molecule has 0 atom stereocenters. The highest BCUT2D eigenvalue weighted by Crippen LogP contribution is 2.37. The van der Waals surface area contributed by atoms with Gasteiger partial charge in [-0.2, -0.15) is 0 Å². The molecule has 2 N–H and O–H groups in total. The van der Waals surface area contributed by atoms with Gasteiger partial charge in [0.15, 0.2) is 22.0 Å². The Balaban J connectivity index is 0.000000167. The molecule has 10 nitrogen and oxygen atoms in total. The average molecular weight is 770 g/mol. The van der Waals surface area contributed by atoms with Gasteiger partial charge >= 0.3 is 11.9 Å². The van der Waals surface area contributed by atoms with Gasteiger partial charge in [0, 0.05) is 23.3 Å². The van der Waals surface area contributed by atoms with E-state index in [1.165, 1.54) is 12.1 Å².